The molecule has 0 unspecified atom stereocenters. The number of sulfonamides is 1. The first-order chi connectivity index (χ1) is 12.8. The van der Waals surface area contributed by atoms with Crippen LogP contribution in [-0.4, -0.2) is 34.6 Å². The van der Waals surface area contributed by atoms with Gasteiger partial charge < -0.3 is 15.9 Å². The molecule has 10 heteroatoms. The van der Waals surface area contributed by atoms with Crippen molar-refractivity contribution >= 4 is 27.6 Å². The molecule has 0 saturated heterocycles. The van der Waals surface area contributed by atoms with Gasteiger partial charge in [-0.2, -0.15) is 0 Å². The number of para-hydroxylation sites is 1. The van der Waals surface area contributed by atoms with E-state index in [1.54, 1.807) is 18.2 Å². The molecular weight excluding hydrogens is 372 g/mol. The molecule has 5 N–H and O–H groups in total. The summed E-state index contributed by atoms with van der Waals surface area (Å²) in [6, 6.07) is 13.3. The monoisotopic (exact) mass is 388 g/mol. The quantitative estimate of drug-likeness (QED) is 0.494. The number of carboxylic acid groups (broad SMARTS) is 1. The molecule has 1 heterocycles. The van der Waals surface area contributed by atoms with E-state index in [2.05, 4.69) is 14.7 Å². The summed E-state index contributed by atoms with van der Waals surface area (Å²) in [5, 5.41) is 17.3. The fraction of sp³-hybridized carbons (Fsp3) is 0. The van der Waals surface area contributed by atoms with Gasteiger partial charge in [0, 0.05) is 18.1 Å². The summed E-state index contributed by atoms with van der Waals surface area (Å²) in [6.07, 6.45) is 2.90. The zero-order chi connectivity index (χ0) is 19.9. The van der Waals surface area contributed by atoms with Crippen LogP contribution in [-0.2, 0) is 10.0 Å². The van der Waals surface area contributed by atoms with Gasteiger partial charge in [-0.1, -0.05) is 12.1 Å². The molecule has 0 spiro atoms. The van der Waals surface area contributed by atoms with E-state index >= 15 is 0 Å². The number of nitrogens with one attached hydrogen (secondary N) is 1. The van der Waals surface area contributed by atoms with Crippen LogP contribution in [0.3, 0.4) is 0 Å². The number of anilines is 2. The molecule has 3 aromatic rings. The molecule has 1 aromatic heterocycles. The number of aromatic hydroxyl groups is 1. The summed E-state index contributed by atoms with van der Waals surface area (Å²) >= 11 is 0. The molecule has 0 bridgehead atoms. The van der Waals surface area contributed by atoms with Gasteiger partial charge in [-0.3, -0.25) is 0 Å². The minimum atomic E-state index is -3.66. The first-order valence-corrected chi connectivity index (χ1v) is 8.94. The van der Waals surface area contributed by atoms with Crippen LogP contribution in [0.5, 0.6) is 5.75 Å². The molecule has 3 rings (SSSR count). The number of nitrogens with zero attached hydrogens (tertiary/aromatic N) is 2. The number of nitrogen functional groups attached to an aromatic ring is 1. The van der Waals surface area contributed by atoms with Crippen molar-refractivity contribution in [3.8, 4) is 5.75 Å². The number of hydrogen-bond acceptors (Lipinski definition) is 7. The maximum Gasteiger partial charge on any atom is 0.339 e. The van der Waals surface area contributed by atoms with E-state index in [4.69, 9.17) is 15.9 Å². The van der Waals surface area contributed by atoms with Crippen LogP contribution in [0, 0.1) is 0 Å². The Labute approximate surface area is 155 Å². The number of carbonyl (C=O) groups is 1. The Hall–Kier alpha value is -3.66. The minimum absolute atomic E-state index is 0.0318. The summed E-state index contributed by atoms with van der Waals surface area (Å²) < 4.78 is 26.0. The molecule has 27 heavy (non-hydrogen) atoms. The SMILES string of the molecule is Nc1ccc(S(=O)(=O)Nc2ncccn2)cc1.O=C(O)c1ccccc1O. The summed E-state index contributed by atoms with van der Waals surface area (Å²) in [5.74, 6) is -1.28. The lowest BCUT2D eigenvalue weighted by Gasteiger charge is -2.05. The molecular formula is C17H16N4O5S. The lowest BCUT2D eigenvalue weighted by atomic mass is 10.2. The molecule has 0 aliphatic rings. The van der Waals surface area contributed by atoms with Gasteiger partial charge in [-0.05, 0) is 42.5 Å². The molecule has 0 atom stereocenters. The predicted molar refractivity (Wildman–Crippen MR) is 98.8 cm³/mol. The number of nitrogens with two attached hydrogens (primary N) is 1. The van der Waals surface area contributed by atoms with E-state index in [0.717, 1.165) is 0 Å². The number of aromatic carboxylic acids is 1. The maximum atomic E-state index is 11.9. The third-order valence-electron chi connectivity index (χ3n) is 3.12. The third-order valence-corrected chi connectivity index (χ3v) is 4.46. The fourth-order valence-corrected chi connectivity index (χ4v) is 2.79. The summed E-state index contributed by atoms with van der Waals surface area (Å²) in [4.78, 5) is 17.9. The van der Waals surface area contributed by atoms with Crippen molar-refractivity contribution in [1.29, 1.82) is 0 Å². The standard InChI is InChI=1S/C10H10N4O2S.C7H6O3/c11-8-2-4-9(5-3-8)17(15,16)14-10-12-6-1-7-13-10;8-6-4-2-1-3-5(6)7(9)10/h1-7H,11H2,(H,12,13,14);1-4,8H,(H,9,10). The Morgan fingerprint density at radius 2 is 1.56 bits per heavy atom. The van der Waals surface area contributed by atoms with Crippen LogP contribution in [0.4, 0.5) is 11.6 Å². The van der Waals surface area contributed by atoms with Crippen molar-refractivity contribution in [2.24, 2.45) is 0 Å². The Balaban J connectivity index is 0.000000223. The van der Waals surface area contributed by atoms with Crippen LogP contribution in [0.1, 0.15) is 10.4 Å². The predicted octanol–water partition coefficient (Wildman–Crippen LogP) is 1.95. The molecule has 2 aromatic carbocycles. The second-order valence-electron chi connectivity index (χ2n) is 5.07. The van der Waals surface area contributed by atoms with Crippen LogP contribution < -0.4 is 10.5 Å². The van der Waals surface area contributed by atoms with Gasteiger partial charge in [-0.15, -0.1) is 0 Å². The summed E-state index contributed by atoms with van der Waals surface area (Å²) in [7, 11) is -3.66. The highest BCUT2D eigenvalue weighted by molar-refractivity contribution is 7.92. The van der Waals surface area contributed by atoms with E-state index in [9.17, 15) is 13.2 Å². The highest BCUT2D eigenvalue weighted by atomic mass is 32.2. The molecule has 0 fully saturated rings. The molecule has 0 aliphatic carbocycles. The second kappa shape index (κ2) is 8.63. The zero-order valence-electron chi connectivity index (χ0n) is 13.9. The van der Waals surface area contributed by atoms with Gasteiger partial charge in [0.2, 0.25) is 5.95 Å². The van der Waals surface area contributed by atoms with Crippen molar-refractivity contribution in [2.45, 2.75) is 4.90 Å². The molecule has 9 nitrogen and oxygen atoms in total. The van der Waals surface area contributed by atoms with E-state index in [0.29, 0.717) is 5.69 Å². The van der Waals surface area contributed by atoms with Crippen LogP contribution in [0.15, 0.2) is 71.9 Å². The smallest absolute Gasteiger partial charge is 0.339 e. The lowest BCUT2D eigenvalue weighted by molar-refractivity contribution is 0.0693. The largest absolute Gasteiger partial charge is 0.507 e. The van der Waals surface area contributed by atoms with Gasteiger partial charge in [-0.25, -0.2) is 27.9 Å². The van der Waals surface area contributed by atoms with Crippen molar-refractivity contribution in [1.82, 2.24) is 9.97 Å². The number of rotatable bonds is 4. The Kier molecular flexibility index (Phi) is 6.28. The number of benzene rings is 2. The molecule has 0 radical (unpaired) electrons. The Morgan fingerprint density at radius 1 is 0.963 bits per heavy atom. The maximum absolute atomic E-state index is 11.9. The number of carboxylic acids is 1. The van der Waals surface area contributed by atoms with Gasteiger partial charge in [0.05, 0.1) is 4.90 Å². The fourth-order valence-electron chi connectivity index (χ4n) is 1.83. The molecule has 0 amide bonds. The van der Waals surface area contributed by atoms with Gasteiger partial charge in [0.15, 0.2) is 0 Å². The minimum Gasteiger partial charge on any atom is -0.507 e. The third kappa shape index (κ3) is 5.68. The first-order valence-electron chi connectivity index (χ1n) is 7.46. The number of hydrogen-bond donors (Lipinski definition) is 4. The molecule has 0 aliphatic heterocycles. The average molecular weight is 388 g/mol. The van der Waals surface area contributed by atoms with E-state index in [-0.39, 0.29) is 22.2 Å². The van der Waals surface area contributed by atoms with Crippen LogP contribution in [0.25, 0.3) is 0 Å². The van der Waals surface area contributed by atoms with Crippen molar-refractivity contribution in [3.05, 3.63) is 72.6 Å². The van der Waals surface area contributed by atoms with Crippen LogP contribution in [0.2, 0.25) is 0 Å². The molecule has 140 valence electrons. The normalized spacial score (nSPS) is 10.4. The highest BCUT2D eigenvalue weighted by Gasteiger charge is 2.14. The Morgan fingerprint density at radius 3 is 2.07 bits per heavy atom. The summed E-state index contributed by atoms with van der Waals surface area (Å²) in [6.45, 7) is 0. The van der Waals surface area contributed by atoms with Gasteiger partial charge in [0.25, 0.3) is 10.0 Å². The molecule has 0 saturated carbocycles. The second-order valence-corrected chi connectivity index (χ2v) is 6.75. The lowest BCUT2D eigenvalue weighted by Crippen LogP contribution is -2.14. The first kappa shape index (κ1) is 19.7. The van der Waals surface area contributed by atoms with Gasteiger partial charge in [0.1, 0.15) is 11.3 Å². The topological polar surface area (TPSA) is 155 Å². The van der Waals surface area contributed by atoms with Crippen molar-refractivity contribution in [3.63, 3.8) is 0 Å². The zero-order valence-corrected chi connectivity index (χ0v) is 14.7. The van der Waals surface area contributed by atoms with Crippen molar-refractivity contribution < 1.29 is 23.4 Å². The van der Waals surface area contributed by atoms with Crippen molar-refractivity contribution in [2.75, 3.05) is 10.5 Å². The number of phenols is 1. The van der Waals surface area contributed by atoms with Gasteiger partial charge >= 0.3 is 5.97 Å². The summed E-state index contributed by atoms with van der Waals surface area (Å²) in [5.41, 5.74) is 5.92. The van der Waals surface area contributed by atoms with E-state index in [1.807, 2.05) is 0 Å². The number of aromatic nitrogens is 2. The Bertz CT molecular complexity index is 1010. The average Bonchev–Trinajstić information content (AvgIpc) is 2.63. The van der Waals surface area contributed by atoms with E-state index in [1.165, 1.54) is 48.8 Å². The van der Waals surface area contributed by atoms with Crippen LogP contribution >= 0.6 is 0 Å². The van der Waals surface area contributed by atoms with E-state index < -0.39 is 16.0 Å². The highest BCUT2D eigenvalue weighted by Crippen LogP contribution is 2.15.